The number of nitrogens with one attached hydrogen (secondary N) is 2. The number of carbonyl (C=O) groups is 1. The first-order valence-electron chi connectivity index (χ1n) is 8.14. The fraction of sp³-hybridized carbons (Fsp3) is 0.438. The predicted octanol–water partition coefficient (Wildman–Crippen LogP) is 0.868. The van der Waals surface area contributed by atoms with Crippen LogP contribution >= 0.6 is 0 Å². The highest BCUT2D eigenvalue weighted by Crippen LogP contribution is 2.39. The van der Waals surface area contributed by atoms with Crippen LogP contribution in [-0.2, 0) is 15.0 Å². The second-order valence-electron chi connectivity index (χ2n) is 6.69. The van der Waals surface area contributed by atoms with Gasteiger partial charge in [-0.15, -0.1) is 0 Å². The lowest BCUT2D eigenvalue weighted by Crippen LogP contribution is -2.30. The normalized spacial score (nSPS) is 25.2. The van der Waals surface area contributed by atoms with Gasteiger partial charge in [0.25, 0.3) is 5.91 Å². The van der Waals surface area contributed by atoms with E-state index in [-0.39, 0.29) is 11.6 Å². The van der Waals surface area contributed by atoms with E-state index >= 15 is 4.39 Å². The monoisotopic (exact) mass is 367 g/mol. The fourth-order valence-corrected chi connectivity index (χ4v) is 4.50. The lowest BCUT2D eigenvalue weighted by atomic mass is 10.0. The summed E-state index contributed by atoms with van der Waals surface area (Å²) in [7, 11) is -4.19. The van der Waals surface area contributed by atoms with Gasteiger partial charge in [-0.05, 0) is 30.0 Å². The van der Waals surface area contributed by atoms with E-state index < -0.39 is 39.9 Å². The Labute approximate surface area is 144 Å². The summed E-state index contributed by atoms with van der Waals surface area (Å²) in [4.78, 5) is 11.4. The van der Waals surface area contributed by atoms with Crippen LogP contribution in [-0.4, -0.2) is 38.6 Å². The molecule has 1 unspecified atom stereocenters. The molecule has 1 amide bonds. The van der Waals surface area contributed by atoms with Crippen molar-refractivity contribution in [2.75, 3.05) is 17.4 Å². The van der Waals surface area contributed by atoms with Gasteiger partial charge in [0.1, 0.15) is 18.0 Å². The molecule has 4 rings (SSSR count). The Hall–Kier alpha value is -2.13. The molecule has 3 aliphatic rings. The molecule has 1 aromatic rings. The summed E-state index contributed by atoms with van der Waals surface area (Å²) in [6.45, 7) is -0.0830. The predicted molar refractivity (Wildman–Crippen MR) is 89.6 cm³/mol. The van der Waals surface area contributed by atoms with Crippen LogP contribution < -0.4 is 14.3 Å². The summed E-state index contributed by atoms with van der Waals surface area (Å²) < 4.78 is 41.3. The number of hydrogen-bond donors (Lipinski definition) is 3. The maximum absolute atomic E-state index is 15.0. The maximum Gasteiger partial charge on any atom is 0.326 e. The van der Waals surface area contributed by atoms with Crippen molar-refractivity contribution < 1.29 is 22.7 Å². The quantitative estimate of drug-likeness (QED) is 0.733. The molecule has 2 heterocycles. The third kappa shape index (κ3) is 2.98. The Kier molecular flexibility index (Phi) is 3.73. The molecule has 0 radical (unpaired) electrons. The van der Waals surface area contributed by atoms with Gasteiger partial charge in [-0.25, -0.2) is 13.4 Å². The molecule has 9 heteroatoms. The maximum atomic E-state index is 15.0. The van der Waals surface area contributed by atoms with Crippen molar-refractivity contribution in [1.82, 2.24) is 10.0 Å². The molecule has 1 saturated heterocycles. The van der Waals surface area contributed by atoms with Crippen LogP contribution in [0.15, 0.2) is 18.2 Å². The number of phenols is 1. The van der Waals surface area contributed by atoms with Gasteiger partial charge in [-0.1, -0.05) is 18.9 Å². The van der Waals surface area contributed by atoms with E-state index in [1.807, 2.05) is 6.08 Å². The van der Waals surface area contributed by atoms with Crippen LogP contribution in [0.4, 0.5) is 10.1 Å². The number of benzene rings is 1. The molecule has 25 heavy (non-hydrogen) atoms. The molecule has 7 nitrogen and oxygen atoms in total. The van der Waals surface area contributed by atoms with E-state index in [2.05, 4.69) is 5.32 Å². The molecule has 1 saturated carbocycles. The molecule has 0 aromatic heterocycles. The van der Waals surface area contributed by atoms with E-state index in [9.17, 15) is 18.3 Å². The highest BCUT2D eigenvalue weighted by molar-refractivity contribution is 7.92. The molecule has 2 fully saturated rings. The first kappa shape index (κ1) is 16.3. The van der Waals surface area contributed by atoms with Crippen LogP contribution in [0.2, 0.25) is 0 Å². The lowest BCUT2D eigenvalue weighted by molar-refractivity contribution is -0.117. The van der Waals surface area contributed by atoms with E-state index in [0.717, 1.165) is 17.9 Å². The van der Waals surface area contributed by atoms with Gasteiger partial charge in [0.15, 0.2) is 5.82 Å². The van der Waals surface area contributed by atoms with Gasteiger partial charge in [0.05, 0.1) is 0 Å². The third-order valence-electron chi connectivity index (χ3n) is 4.75. The van der Waals surface area contributed by atoms with Crippen molar-refractivity contribution in [2.24, 2.45) is 5.92 Å². The number of phenolic OH excluding ortho intramolecular Hbond substituents is 1. The molecule has 0 spiro atoms. The summed E-state index contributed by atoms with van der Waals surface area (Å²) in [5, 5.41) is 13.3. The van der Waals surface area contributed by atoms with Crippen molar-refractivity contribution in [3.8, 4) is 5.75 Å². The van der Waals surface area contributed by atoms with Crippen molar-refractivity contribution in [1.29, 1.82) is 0 Å². The van der Waals surface area contributed by atoms with Crippen LogP contribution in [0.1, 0.15) is 24.8 Å². The number of nitrogens with zero attached hydrogens (tertiary/aromatic N) is 1. The summed E-state index contributed by atoms with van der Waals surface area (Å²) in [6.07, 6.45) is 5.42. The first-order chi connectivity index (χ1) is 11.8. The van der Waals surface area contributed by atoms with E-state index in [4.69, 9.17) is 0 Å². The Bertz CT molecular complexity index is 880. The SMILES string of the molecule is O=C1CN(c2c(O)ccc(C3=CC(CC4CC4)NC3)c2F)S(=O)(=O)N1. The molecule has 1 aromatic carbocycles. The van der Waals surface area contributed by atoms with E-state index in [1.54, 1.807) is 4.72 Å². The van der Waals surface area contributed by atoms with Crippen LogP contribution in [0.5, 0.6) is 5.75 Å². The fourth-order valence-electron chi connectivity index (χ4n) is 3.34. The van der Waals surface area contributed by atoms with Gasteiger partial charge >= 0.3 is 10.2 Å². The van der Waals surface area contributed by atoms with Crippen LogP contribution in [0.3, 0.4) is 0 Å². The number of hydrogen-bond acceptors (Lipinski definition) is 5. The minimum atomic E-state index is -4.19. The van der Waals surface area contributed by atoms with E-state index in [0.29, 0.717) is 10.8 Å². The zero-order valence-electron chi connectivity index (χ0n) is 13.3. The third-order valence-corrected chi connectivity index (χ3v) is 6.13. The lowest BCUT2D eigenvalue weighted by Gasteiger charge is -2.18. The standard InChI is InChI=1S/C16H18FN3O4S/c17-15-12(10-6-11(18-7-10)5-9-1-2-9)3-4-13(21)16(15)20-8-14(22)19-25(20,23)24/h3-4,6,9,11,18,21H,1-2,5,7-8H2,(H,19,22). The smallest absolute Gasteiger partial charge is 0.326 e. The summed E-state index contributed by atoms with van der Waals surface area (Å²) >= 11 is 0. The minimum Gasteiger partial charge on any atom is -0.506 e. The van der Waals surface area contributed by atoms with E-state index in [1.165, 1.54) is 25.0 Å². The Balaban J connectivity index is 1.70. The molecule has 134 valence electrons. The molecular weight excluding hydrogens is 349 g/mol. The summed E-state index contributed by atoms with van der Waals surface area (Å²) in [5.41, 5.74) is 0.454. The zero-order valence-corrected chi connectivity index (χ0v) is 14.1. The molecule has 0 bridgehead atoms. The highest BCUT2D eigenvalue weighted by atomic mass is 32.2. The van der Waals surface area contributed by atoms with Gasteiger partial charge in [0.2, 0.25) is 0 Å². The van der Waals surface area contributed by atoms with Gasteiger partial charge < -0.3 is 10.4 Å². The van der Waals surface area contributed by atoms with Crippen LogP contribution in [0.25, 0.3) is 5.57 Å². The second kappa shape index (κ2) is 5.70. The van der Waals surface area contributed by atoms with Crippen molar-refractivity contribution in [3.63, 3.8) is 0 Å². The number of carbonyl (C=O) groups excluding carboxylic acids is 1. The first-order valence-corrected chi connectivity index (χ1v) is 9.58. The Morgan fingerprint density at radius 1 is 1.32 bits per heavy atom. The Morgan fingerprint density at radius 2 is 2.08 bits per heavy atom. The molecule has 3 N–H and O–H groups in total. The number of aromatic hydroxyl groups is 1. The number of halogens is 1. The molecular formula is C16H18FN3O4S. The molecule has 2 aliphatic heterocycles. The van der Waals surface area contributed by atoms with Crippen molar-refractivity contribution >= 4 is 27.4 Å². The number of anilines is 1. The molecule has 1 aliphatic carbocycles. The molecule has 1 atom stereocenters. The van der Waals surface area contributed by atoms with Crippen LogP contribution in [0, 0.1) is 11.7 Å². The number of amides is 1. The van der Waals surface area contributed by atoms with Gasteiger partial charge in [-0.3, -0.25) is 4.79 Å². The van der Waals surface area contributed by atoms with Gasteiger partial charge in [0, 0.05) is 18.2 Å². The Morgan fingerprint density at radius 3 is 2.72 bits per heavy atom. The topological polar surface area (TPSA) is 98.7 Å². The van der Waals surface area contributed by atoms with Crippen molar-refractivity contribution in [2.45, 2.75) is 25.3 Å². The number of rotatable bonds is 4. The zero-order chi connectivity index (χ0) is 17.8. The summed E-state index contributed by atoms with van der Waals surface area (Å²) in [6, 6.07) is 2.86. The highest BCUT2D eigenvalue weighted by Gasteiger charge is 2.38. The van der Waals surface area contributed by atoms with Gasteiger partial charge in [-0.2, -0.15) is 8.42 Å². The second-order valence-corrected chi connectivity index (χ2v) is 8.29. The minimum absolute atomic E-state index is 0.179. The summed E-state index contributed by atoms with van der Waals surface area (Å²) in [5.74, 6) is -1.42. The van der Waals surface area contributed by atoms with Crippen molar-refractivity contribution in [3.05, 3.63) is 29.6 Å². The largest absolute Gasteiger partial charge is 0.506 e. The average Bonchev–Trinajstić information content (AvgIpc) is 3.14. The average molecular weight is 367 g/mol.